The maximum atomic E-state index is 12.2. The lowest BCUT2D eigenvalue weighted by Crippen LogP contribution is -2.36. The molecule has 22 heavy (non-hydrogen) atoms. The van der Waals surface area contributed by atoms with E-state index >= 15 is 0 Å². The van der Waals surface area contributed by atoms with E-state index in [9.17, 15) is 9.59 Å². The summed E-state index contributed by atoms with van der Waals surface area (Å²) >= 11 is 5.56. The van der Waals surface area contributed by atoms with Crippen LogP contribution in [0.1, 0.15) is 55.3 Å². The minimum atomic E-state index is -0.0555. The first kappa shape index (κ1) is 16.8. The normalized spacial score (nSPS) is 15.3. The number of halogens is 1. The Morgan fingerprint density at radius 2 is 1.77 bits per heavy atom. The van der Waals surface area contributed by atoms with Crippen molar-refractivity contribution in [3.8, 4) is 0 Å². The predicted molar refractivity (Wildman–Crippen MR) is 89.4 cm³/mol. The van der Waals surface area contributed by atoms with Gasteiger partial charge in [-0.15, -0.1) is 11.6 Å². The Balaban J connectivity index is 1.85. The third-order valence-electron chi connectivity index (χ3n) is 3.91. The average molecular weight is 323 g/mol. The van der Waals surface area contributed by atoms with Gasteiger partial charge in [0.25, 0.3) is 5.91 Å². The van der Waals surface area contributed by atoms with Crippen molar-refractivity contribution in [2.45, 2.75) is 51.0 Å². The summed E-state index contributed by atoms with van der Waals surface area (Å²) in [7, 11) is 0. The zero-order valence-electron chi connectivity index (χ0n) is 12.7. The molecule has 1 aliphatic rings. The average Bonchev–Trinajstić information content (AvgIpc) is 2.54. The molecule has 0 radical (unpaired) electrons. The number of amides is 2. The number of rotatable bonds is 6. The Morgan fingerprint density at radius 1 is 1.09 bits per heavy atom. The van der Waals surface area contributed by atoms with Gasteiger partial charge in [0.05, 0.1) is 0 Å². The van der Waals surface area contributed by atoms with Crippen LogP contribution in [0.25, 0.3) is 0 Å². The molecular weight excluding hydrogens is 300 g/mol. The maximum absolute atomic E-state index is 12.2. The van der Waals surface area contributed by atoms with Gasteiger partial charge in [0.1, 0.15) is 0 Å². The molecule has 0 spiro atoms. The van der Waals surface area contributed by atoms with Gasteiger partial charge < -0.3 is 10.6 Å². The standard InChI is InChI=1S/C17H23ClN2O2/c18-12-4-7-16(21)19-15-10-8-13(9-11-15)17(22)20-14-5-2-1-3-6-14/h8-11,14H,1-7,12H2,(H,19,21)(H,20,22). The van der Waals surface area contributed by atoms with E-state index in [1.54, 1.807) is 24.3 Å². The number of carbonyl (C=O) groups excluding carboxylic acids is 2. The molecule has 1 aromatic rings. The van der Waals surface area contributed by atoms with E-state index in [0.717, 1.165) is 12.8 Å². The number of carbonyl (C=O) groups is 2. The van der Waals surface area contributed by atoms with Gasteiger partial charge in [-0.25, -0.2) is 0 Å². The number of hydrogen-bond acceptors (Lipinski definition) is 2. The van der Waals surface area contributed by atoms with Crippen LogP contribution in [0.2, 0.25) is 0 Å². The lowest BCUT2D eigenvalue weighted by Gasteiger charge is -2.22. The van der Waals surface area contributed by atoms with Gasteiger partial charge >= 0.3 is 0 Å². The molecule has 120 valence electrons. The fraction of sp³-hybridized carbons (Fsp3) is 0.529. The number of nitrogens with one attached hydrogen (secondary N) is 2. The molecule has 2 rings (SSSR count). The molecule has 1 aromatic carbocycles. The summed E-state index contributed by atoms with van der Waals surface area (Å²) < 4.78 is 0. The van der Waals surface area contributed by atoms with Crippen molar-refractivity contribution >= 4 is 29.1 Å². The number of alkyl halides is 1. The minimum absolute atomic E-state index is 0.0353. The Labute approximate surface area is 136 Å². The molecule has 0 aliphatic heterocycles. The van der Waals surface area contributed by atoms with Gasteiger partial charge in [-0.2, -0.15) is 0 Å². The van der Waals surface area contributed by atoms with Crippen LogP contribution in [-0.4, -0.2) is 23.7 Å². The van der Waals surface area contributed by atoms with Crippen LogP contribution in [0.5, 0.6) is 0 Å². The topological polar surface area (TPSA) is 58.2 Å². The molecule has 0 saturated heterocycles. The molecular formula is C17H23ClN2O2. The first-order valence-corrected chi connectivity index (χ1v) is 8.49. The smallest absolute Gasteiger partial charge is 0.251 e. The van der Waals surface area contributed by atoms with Crippen LogP contribution in [-0.2, 0) is 4.79 Å². The van der Waals surface area contributed by atoms with Crippen molar-refractivity contribution in [1.29, 1.82) is 0 Å². The Bertz CT molecular complexity index is 496. The molecule has 5 heteroatoms. The fourth-order valence-corrected chi connectivity index (χ4v) is 2.81. The molecule has 1 fully saturated rings. The highest BCUT2D eigenvalue weighted by atomic mass is 35.5. The van der Waals surface area contributed by atoms with Crippen LogP contribution < -0.4 is 10.6 Å². The summed E-state index contributed by atoms with van der Waals surface area (Å²) in [6, 6.07) is 7.31. The molecule has 0 unspecified atom stereocenters. The van der Waals surface area contributed by atoms with Crippen molar-refractivity contribution < 1.29 is 9.59 Å². The van der Waals surface area contributed by atoms with Gasteiger partial charge in [-0.1, -0.05) is 19.3 Å². The monoisotopic (exact) mass is 322 g/mol. The van der Waals surface area contributed by atoms with Crippen LogP contribution in [0, 0.1) is 0 Å². The van der Waals surface area contributed by atoms with E-state index in [4.69, 9.17) is 11.6 Å². The molecule has 0 bridgehead atoms. The third-order valence-corrected chi connectivity index (χ3v) is 4.18. The molecule has 1 aliphatic carbocycles. The highest BCUT2D eigenvalue weighted by molar-refractivity contribution is 6.18. The Morgan fingerprint density at radius 3 is 2.41 bits per heavy atom. The van der Waals surface area contributed by atoms with Crippen molar-refractivity contribution in [2.24, 2.45) is 0 Å². The van der Waals surface area contributed by atoms with Crippen LogP contribution in [0.4, 0.5) is 5.69 Å². The van der Waals surface area contributed by atoms with Crippen molar-refractivity contribution in [3.63, 3.8) is 0 Å². The molecule has 0 aromatic heterocycles. The maximum Gasteiger partial charge on any atom is 0.251 e. The van der Waals surface area contributed by atoms with Crippen LogP contribution >= 0.6 is 11.6 Å². The van der Waals surface area contributed by atoms with Gasteiger partial charge in [-0.3, -0.25) is 9.59 Å². The second-order valence-electron chi connectivity index (χ2n) is 5.73. The van der Waals surface area contributed by atoms with Crippen LogP contribution in [0.3, 0.4) is 0 Å². The van der Waals surface area contributed by atoms with E-state index in [1.807, 2.05) is 0 Å². The van der Waals surface area contributed by atoms with E-state index in [2.05, 4.69) is 10.6 Å². The largest absolute Gasteiger partial charge is 0.349 e. The van der Waals surface area contributed by atoms with Gasteiger partial charge in [0, 0.05) is 29.6 Å². The van der Waals surface area contributed by atoms with E-state index < -0.39 is 0 Å². The second-order valence-corrected chi connectivity index (χ2v) is 6.10. The SMILES string of the molecule is O=C(CCCCl)Nc1ccc(C(=O)NC2CCCCC2)cc1. The minimum Gasteiger partial charge on any atom is -0.349 e. The summed E-state index contributed by atoms with van der Waals surface area (Å²) in [6.45, 7) is 0. The summed E-state index contributed by atoms with van der Waals surface area (Å²) in [5, 5.41) is 5.88. The summed E-state index contributed by atoms with van der Waals surface area (Å²) in [5.74, 6) is 0.389. The van der Waals surface area contributed by atoms with Crippen molar-refractivity contribution in [2.75, 3.05) is 11.2 Å². The zero-order chi connectivity index (χ0) is 15.8. The zero-order valence-corrected chi connectivity index (χ0v) is 13.5. The van der Waals surface area contributed by atoms with E-state index in [-0.39, 0.29) is 11.8 Å². The van der Waals surface area contributed by atoms with Crippen molar-refractivity contribution in [3.05, 3.63) is 29.8 Å². The lowest BCUT2D eigenvalue weighted by atomic mass is 9.95. The summed E-state index contributed by atoms with van der Waals surface area (Å²) in [5.41, 5.74) is 1.33. The van der Waals surface area contributed by atoms with Gasteiger partial charge in [0.2, 0.25) is 5.91 Å². The molecule has 1 saturated carbocycles. The number of benzene rings is 1. The number of hydrogen-bond donors (Lipinski definition) is 2. The quantitative estimate of drug-likeness (QED) is 0.784. The molecule has 2 N–H and O–H groups in total. The third kappa shape index (κ3) is 5.34. The Kier molecular flexibility index (Phi) is 6.72. The van der Waals surface area contributed by atoms with Crippen LogP contribution in [0.15, 0.2) is 24.3 Å². The highest BCUT2D eigenvalue weighted by Gasteiger charge is 2.16. The first-order chi connectivity index (χ1) is 10.7. The predicted octanol–water partition coefficient (Wildman–Crippen LogP) is 3.71. The van der Waals surface area contributed by atoms with Crippen molar-refractivity contribution in [1.82, 2.24) is 5.32 Å². The Hall–Kier alpha value is -1.55. The molecule has 0 atom stereocenters. The second kappa shape index (κ2) is 8.79. The van der Waals surface area contributed by atoms with E-state index in [0.29, 0.717) is 36.0 Å². The molecule has 4 nitrogen and oxygen atoms in total. The summed E-state index contributed by atoms with van der Waals surface area (Å²) in [4.78, 5) is 23.8. The summed E-state index contributed by atoms with van der Waals surface area (Å²) in [6.07, 6.45) is 6.87. The number of anilines is 1. The van der Waals surface area contributed by atoms with E-state index in [1.165, 1.54) is 19.3 Å². The molecule has 0 heterocycles. The first-order valence-electron chi connectivity index (χ1n) is 7.96. The highest BCUT2D eigenvalue weighted by Crippen LogP contribution is 2.18. The molecule has 2 amide bonds. The fourth-order valence-electron chi connectivity index (χ4n) is 2.67. The van der Waals surface area contributed by atoms with Gasteiger partial charge in [0.15, 0.2) is 0 Å². The lowest BCUT2D eigenvalue weighted by molar-refractivity contribution is -0.116. The van der Waals surface area contributed by atoms with Gasteiger partial charge in [-0.05, 0) is 43.5 Å².